The standard InChI is InChI=1S/C6H9NO3/c1-6(8)10-5-4-9-3-2-7/h3-5H2,1H3. The molecule has 0 radical (unpaired) electrons. The van der Waals surface area contributed by atoms with E-state index in [0.717, 1.165) is 0 Å². The maximum Gasteiger partial charge on any atom is 0.302 e. The zero-order chi connectivity index (χ0) is 7.82. The van der Waals surface area contributed by atoms with Gasteiger partial charge in [0, 0.05) is 6.92 Å². The molecule has 10 heavy (non-hydrogen) atoms. The highest BCUT2D eigenvalue weighted by Gasteiger charge is 1.90. The molecule has 0 aromatic heterocycles. The molecule has 0 N–H and O–H groups in total. The summed E-state index contributed by atoms with van der Waals surface area (Å²) in [5.74, 6) is -0.333. The minimum Gasteiger partial charge on any atom is -0.463 e. The summed E-state index contributed by atoms with van der Waals surface area (Å²) in [6, 6.07) is 1.79. The summed E-state index contributed by atoms with van der Waals surface area (Å²) in [7, 11) is 0. The molecule has 56 valence electrons. The fourth-order valence-corrected chi connectivity index (χ4v) is 0.362. The van der Waals surface area contributed by atoms with E-state index in [1.54, 1.807) is 6.07 Å². The molecular weight excluding hydrogens is 134 g/mol. The topological polar surface area (TPSA) is 59.3 Å². The lowest BCUT2D eigenvalue weighted by Gasteiger charge is -1.99. The molecule has 0 heterocycles. The Morgan fingerprint density at radius 1 is 1.60 bits per heavy atom. The molecule has 0 saturated carbocycles. The lowest BCUT2D eigenvalue weighted by Crippen LogP contribution is -2.07. The van der Waals surface area contributed by atoms with Crippen LogP contribution in [0.15, 0.2) is 0 Å². The van der Waals surface area contributed by atoms with E-state index in [1.807, 2.05) is 0 Å². The molecule has 0 aliphatic carbocycles. The number of esters is 1. The Labute approximate surface area is 59.3 Å². The number of carbonyl (C=O) groups excluding carboxylic acids is 1. The highest BCUT2D eigenvalue weighted by atomic mass is 16.6. The molecule has 0 unspecified atom stereocenters. The van der Waals surface area contributed by atoms with Gasteiger partial charge in [-0.15, -0.1) is 0 Å². The van der Waals surface area contributed by atoms with Crippen LogP contribution < -0.4 is 0 Å². The summed E-state index contributed by atoms with van der Waals surface area (Å²) in [4.78, 5) is 10.1. The van der Waals surface area contributed by atoms with Gasteiger partial charge in [0.1, 0.15) is 13.2 Å². The molecule has 0 aliphatic heterocycles. The molecule has 0 amide bonds. The first-order valence-electron chi connectivity index (χ1n) is 2.85. The molecule has 0 aromatic carbocycles. The van der Waals surface area contributed by atoms with Crippen molar-refractivity contribution in [2.75, 3.05) is 19.8 Å². The molecule has 0 fully saturated rings. The average molecular weight is 143 g/mol. The maximum absolute atomic E-state index is 10.1. The minimum atomic E-state index is -0.333. The first-order chi connectivity index (χ1) is 4.77. The van der Waals surface area contributed by atoms with Gasteiger partial charge < -0.3 is 9.47 Å². The first-order valence-corrected chi connectivity index (χ1v) is 2.85. The molecule has 4 heteroatoms. The summed E-state index contributed by atoms with van der Waals surface area (Å²) < 4.78 is 9.21. The second-order valence-electron chi connectivity index (χ2n) is 1.55. The van der Waals surface area contributed by atoms with E-state index in [9.17, 15) is 4.79 Å². The van der Waals surface area contributed by atoms with Gasteiger partial charge in [0.15, 0.2) is 0 Å². The third-order valence-corrected chi connectivity index (χ3v) is 0.700. The molecular formula is C6H9NO3. The second-order valence-corrected chi connectivity index (χ2v) is 1.55. The third-order valence-electron chi connectivity index (χ3n) is 0.700. The Morgan fingerprint density at radius 3 is 2.80 bits per heavy atom. The first kappa shape index (κ1) is 8.92. The van der Waals surface area contributed by atoms with Crippen LogP contribution in [-0.4, -0.2) is 25.8 Å². The maximum atomic E-state index is 10.1. The van der Waals surface area contributed by atoms with Crippen LogP contribution in [-0.2, 0) is 14.3 Å². The molecule has 0 aromatic rings. The normalized spacial score (nSPS) is 8.40. The number of carbonyl (C=O) groups is 1. The van der Waals surface area contributed by atoms with Gasteiger partial charge in [0.05, 0.1) is 12.7 Å². The Balaban J connectivity index is 2.92. The molecule has 0 rings (SSSR count). The van der Waals surface area contributed by atoms with Crippen molar-refractivity contribution in [3.05, 3.63) is 0 Å². The number of hydrogen-bond acceptors (Lipinski definition) is 4. The highest BCUT2D eigenvalue weighted by Crippen LogP contribution is 1.77. The molecule has 0 atom stereocenters. The minimum absolute atomic E-state index is 0.0429. The van der Waals surface area contributed by atoms with Gasteiger partial charge >= 0.3 is 5.97 Å². The van der Waals surface area contributed by atoms with Crippen LogP contribution in [0.4, 0.5) is 0 Å². The Bertz CT molecular complexity index is 138. The Morgan fingerprint density at radius 2 is 2.30 bits per heavy atom. The number of ether oxygens (including phenoxy) is 2. The quantitative estimate of drug-likeness (QED) is 0.413. The van der Waals surface area contributed by atoms with E-state index in [1.165, 1.54) is 6.92 Å². The summed E-state index contributed by atoms with van der Waals surface area (Å²) >= 11 is 0. The van der Waals surface area contributed by atoms with Gasteiger partial charge in [-0.05, 0) is 0 Å². The van der Waals surface area contributed by atoms with Gasteiger partial charge in [-0.25, -0.2) is 0 Å². The second kappa shape index (κ2) is 6.05. The van der Waals surface area contributed by atoms with E-state index in [4.69, 9.17) is 10.00 Å². The van der Waals surface area contributed by atoms with Gasteiger partial charge in [-0.2, -0.15) is 5.26 Å². The number of nitrogens with zero attached hydrogens (tertiary/aromatic N) is 1. The van der Waals surface area contributed by atoms with E-state index < -0.39 is 0 Å². The van der Waals surface area contributed by atoms with Crippen molar-refractivity contribution in [2.45, 2.75) is 6.92 Å². The van der Waals surface area contributed by atoms with Crippen molar-refractivity contribution in [3.8, 4) is 6.07 Å². The number of rotatable bonds is 4. The third kappa shape index (κ3) is 6.92. The van der Waals surface area contributed by atoms with Crippen molar-refractivity contribution < 1.29 is 14.3 Å². The van der Waals surface area contributed by atoms with Crippen molar-refractivity contribution in [1.82, 2.24) is 0 Å². The summed E-state index contributed by atoms with van der Waals surface area (Å²) in [5.41, 5.74) is 0. The SMILES string of the molecule is CC(=O)OCCOCC#N. The lowest BCUT2D eigenvalue weighted by molar-refractivity contribution is -0.142. The van der Waals surface area contributed by atoms with Gasteiger partial charge in [0.25, 0.3) is 0 Å². The highest BCUT2D eigenvalue weighted by molar-refractivity contribution is 5.65. The number of nitriles is 1. The van der Waals surface area contributed by atoms with E-state index in [-0.39, 0.29) is 25.8 Å². The zero-order valence-electron chi connectivity index (χ0n) is 5.79. The largest absolute Gasteiger partial charge is 0.463 e. The van der Waals surface area contributed by atoms with Crippen LogP contribution in [0.2, 0.25) is 0 Å². The van der Waals surface area contributed by atoms with Gasteiger partial charge in [-0.3, -0.25) is 4.79 Å². The summed E-state index contributed by atoms with van der Waals surface area (Å²) in [6.45, 7) is 1.87. The molecule has 0 spiro atoms. The fourth-order valence-electron chi connectivity index (χ4n) is 0.362. The molecule has 4 nitrogen and oxygen atoms in total. The number of hydrogen-bond donors (Lipinski definition) is 0. The van der Waals surface area contributed by atoms with Crippen LogP contribution >= 0.6 is 0 Å². The van der Waals surface area contributed by atoms with Crippen molar-refractivity contribution in [2.24, 2.45) is 0 Å². The summed E-state index contributed by atoms with van der Waals surface area (Å²) in [6.07, 6.45) is 0. The van der Waals surface area contributed by atoms with Crippen LogP contribution in [0.5, 0.6) is 0 Å². The smallest absolute Gasteiger partial charge is 0.302 e. The van der Waals surface area contributed by atoms with Crippen molar-refractivity contribution in [1.29, 1.82) is 5.26 Å². The monoisotopic (exact) mass is 143 g/mol. The Hall–Kier alpha value is -1.08. The van der Waals surface area contributed by atoms with E-state index in [2.05, 4.69) is 4.74 Å². The predicted molar refractivity (Wildman–Crippen MR) is 33.1 cm³/mol. The fraction of sp³-hybridized carbons (Fsp3) is 0.667. The van der Waals surface area contributed by atoms with Crippen molar-refractivity contribution >= 4 is 5.97 Å². The molecule has 0 aliphatic rings. The van der Waals surface area contributed by atoms with Crippen molar-refractivity contribution in [3.63, 3.8) is 0 Å². The zero-order valence-corrected chi connectivity index (χ0v) is 5.79. The Kier molecular flexibility index (Phi) is 5.39. The van der Waals surface area contributed by atoms with E-state index >= 15 is 0 Å². The van der Waals surface area contributed by atoms with Crippen LogP contribution in [0.25, 0.3) is 0 Å². The van der Waals surface area contributed by atoms with Crippen LogP contribution in [0.1, 0.15) is 6.92 Å². The average Bonchev–Trinajstić information content (AvgIpc) is 1.87. The van der Waals surface area contributed by atoms with Crippen LogP contribution in [0, 0.1) is 11.3 Å². The van der Waals surface area contributed by atoms with E-state index in [0.29, 0.717) is 0 Å². The molecule has 0 saturated heterocycles. The van der Waals surface area contributed by atoms with Gasteiger partial charge in [0.2, 0.25) is 0 Å². The summed E-state index contributed by atoms with van der Waals surface area (Å²) in [5, 5.41) is 7.99. The predicted octanol–water partition coefficient (Wildman–Crippen LogP) is 0.0897. The lowest BCUT2D eigenvalue weighted by atomic mass is 10.7. The molecule has 0 bridgehead atoms. The van der Waals surface area contributed by atoms with Crippen LogP contribution in [0.3, 0.4) is 0 Å². The van der Waals surface area contributed by atoms with Gasteiger partial charge in [-0.1, -0.05) is 0 Å².